The highest BCUT2D eigenvalue weighted by Crippen LogP contribution is 2.33. The predicted octanol–water partition coefficient (Wildman–Crippen LogP) is 5.51. The van der Waals surface area contributed by atoms with Crippen LogP contribution in [0.4, 0.5) is 0 Å². The van der Waals surface area contributed by atoms with Gasteiger partial charge >= 0.3 is 0 Å². The lowest BCUT2D eigenvalue weighted by molar-refractivity contribution is -0.128. The third-order valence-corrected chi connectivity index (χ3v) is 10.5. The number of carbonyl (C=O) groups excluding carboxylic acids is 2. The number of benzene rings is 3. The number of amides is 1. The number of ether oxygens (including phenoxy) is 1. The largest absolute Gasteiger partial charge is 0.497 e. The molecule has 1 amide bonds. The van der Waals surface area contributed by atoms with Gasteiger partial charge in [0.25, 0.3) is 0 Å². The highest BCUT2D eigenvalue weighted by Gasteiger charge is 2.38. The van der Waals surface area contributed by atoms with Crippen LogP contribution in [0.2, 0.25) is 0 Å². The van der Waals surface area contributed by atoms with Crippen LogP contribution in [-0.4, -0.2) is 61.9 Å². The smallest absolute Gasteiger partial charge is 0.243 e. The van der Waals surface area contributed by atoms with Gasteiger partial charge in [0.2, 0.25) is 15.9 Å². The van der Waals surface area contributed by atoms with Gasteiger partial charge in [-0.1, -0.05) is 75.2 Å². The molecule has 4 atom stereocenters. The zero-order valence-corrected chi connectivity index (χ0v) is 27.3. The summed E-state index contributed by atoms with van der Waals surface area (Å²) < 4.78 is 34.0. The molecular formula is C36H46N2O6S. The minimum Gasteiger partial charge on any atom is -0.497 e. The molecule has 45 heavy (non-hydrogen) atoms. The van der Waals surface area contributed by atoms with E-state index in [2.05, 4.69) is 5.32 Å². The quantitative estimate of drug-likeness (QED) is 0.213. The third kappa shape index (κ3) is 9.25. The number of nitrogens with one attached hydrogen (secondary N) is 1. The fraction of sp³-hybridized carbons (Fsp3) is 0.444. The monoisotopic (exact) mass is 634 g/mol. The van der Waals surface area contributed by atoms with Crippen LogP contribution in [0.3, 0.4) is 0 Å². The Kier molecular flexibility index (Phi) is 12.3. The lowest BCUT2D eigenvalue weighted by Crippen LogP contribution is -2.53. The molecule has 0 radical (unpaired) electrons. The summed E-state index contributed by atoms with van der Waals surface area (Å²) >= 11 is 0. The Hall–Kier alpha value is -3.53. The molecule has 2 N–H and O–H groups in total. The first kappa shape index (κ1) is 34.3. The van der Waals surface area contributed by atoms with Crippen LogP contribution >= 0.6 is 0 Å². The molecule has 0 saturated heterocycles. The first-order valence-electron chi connectivity index (χ1n) is 15.9. The van der Waals surface area contributed by atoms with E-state index >= 15 is 0 Å². The van der Waals surface area contributed by atoms with Crippen LogP contribution < -0.4 is 10.1 Å². The van der Waals surface area contributed by atoms with Crippen LogP contribution in [0.25, 0.3) is 0 Å². The van der Waals surface area contributed by atoms with Gasteiger partial charge in [-0.15, -0.1) is 0 Å². The number of ketones is 1. The number of hydrogen-bond donors (Lipinski definition) is 2. The zero-order valence-electron chi connectivity index (χ0n) is 26.5. The second-order valence-electron chi connectivity index (χ2n) is 12.3. The lowest BCUT2D eigenvalue weighted by atomic mass is 9.74. The van der Waals surface area contributed by atoms with Crippen molar-refractivity contribution in [3.63, 3.8) is 0 Å². The molecular weight excluding hydrogens is 588 g/mol. The van der Waals surface area contributed by atoms with Crippen LogP contribution in [0.15, 0.2) is 89.8 Å². The summed E-state index contributed by atoms with van der Waals surface area (Å²) in [4.78, 5) is 27.7. The van der Waals surface area contributed by atoms with Gasteiger partial charge in [-0.2, -0.15) is 4.31 Å². The van der Waals surface area contributed by atoms with Crippen LogP contribution in [0.5, 0.6) is 5.75 Å². The van der Waals surface area contributed by atoms with Gasteiger partial charge in [-0.05, 0) is 73.6 Å². The summed E-state index contributed by atoms with van der Waals surface area (Å²) in [7, 11) is -2.33. The molecule has 4 rings (SSSR count). The molecule has 3 aromatic carbocycles. The van der Waals surface area contributed by atoms with Crippen molar-refractivity contribution in [2.24, 2.45) is 17.8 Å². The van der Waals surface area contributed by atoms with Crippen molar-refractivity contribution in [3.05, 3.63) is 96.1 Å². The van der Waals surface area contributed by atoms with Crippen LogP contribution in [0, 0.1) is 17.8 Å². The summed E-state index contributed by atoms with van der Waals surface area (Å²) in [6.07, 6.45) is 2.58. The van der Waals surface area contributed by atoms with Gasteiger partial charge in [-0.3, -0.25) is 9.59 Å². The van der Waals surface area contributed by atoms with E-state index in [4.69, 9.17) is 4.74 Å². The topological polar surface area (TPSA) is 113 Å². The second kappa shape index (κ2) is 16.2. The van der Waals surface area contributed by atoms with Gasteiger partial charge in [0.15, 0.2) is 5.78 Å². The van der Waals surface area contributed by atoms with Gasteiger partial charge in [0.05, 0.1) is 24.2 Å². The van der Waals surface area contributed by atoms with E-state index in [9.17, 15) is 23.1 Å². The predicted molar refractivity (Wildman–Crippen MR) is 176 cm³/mol. The van der Waals surface area contributed by atoms with Crippen molar-refractivity contribution < 1.29 is 27.9 Å². The van der Waals surface area contributed by atoms with E-state index in [1.54, 1.807) is 61.7 Å². The van der Waals surface area contributed by atoms with E-state index < -0.39 is 34.0 Å². The Bertz CT molecular complexity index is 1480. The molecule has 0 aliphatic heterocycles. The Balaban J connectivity index is 1.58. The van der Waals surface area contributed by atoms with Crippen molar-refractivity contribution in [3.8, 4) is 5.75 Å². The van der Waals surface area contributed by atoms with Crippen molar-refractivity contribution in [2.45, 2.75) is 69.4 Å². The SMILES string of the molecule is COc1ccc(C(=O)C2CCCCC2C(=O)NC(Cc2ccccc2)C(O)CN(CCC(C)C)S(=O)(=O)c2ccccc2)cc1. The number of nitrogens with zero attached hydrogens (tertiary/aromatic N) is 1. The molecule has 0 bridgehead atoms. The van der Waals surface area contributed by atoms with Crippen LogP contribution in [0.1, 0.15) is 61.9 Å². The number of hydrogen-bond acceptors (Lipinski definition) is 6. The number of rotatable bonds is 15. The van der Waals surface area contributed by atoms with E-state index in [1.807, 2.05) is 44.2 Å². The maximum Gasteiger partial charge on any atom is 0.243 e. The van der Waals surface area contributed by atoms with Gasteiger partial charge in [0, 0.05) is 30.5 Å². The number of Topliss-reactive ketones (excluding diaryl/α,β-unsaturated/α-hetero) is 1. The summed E-state index contributed by atoms with van der Waals surface area (Å²) in [6, 6.07) is 23.9. The summed E-state index contributed by atoms with van der Waals surface area (Å²) in [5.41, 5.74) is 1.43. The summed E-state index contributed by atoms with van der Waals surface area (Å²) in [6.45, 7) is 4.10. The fourth-order valence-corrected chi connectivity index (χ4v) is 7.45. The van der Waals surface area contributed by atoms with Crippen molar-refractivity contribution >= 4 is 21.7 Å². The Morgan fingerprint density at radius 3 is 2.11 bits per heavy atom. The molecule has 1 fully saturated rings. The molecule has 1 aliphatic rings. The minimum atomic E-state index is -3.90. The van der Waals surface area contributed by atoms with Gasteiger partial charge in [0.1, 0.15) is 5.75 Å². The number of aliphatic hydroxyl groups is 1. The Morgan fingerprint density at radius 2 is 1.51 bits per heavy atom. The average Bonchev–Trinajstić information content (AvgIpc) is 3.06. The first-order valence-corrected chi connectivity index (χ1v) is 17.3. The molecule has 0 heterocycles. The number of methoxy groups -OCH3 is 1. The van der Waals surface area contributed by atoms with Gasteiger partial charge in [-0.25, -0.2) is 8.42 Å². The minimum absolute atomic E-state index is 0.0773. The number of carbonyl (C=O) groups is 2. The van der Waals surface area contributed by atoms with Crippen molar-refractivity contribution in [1.82, 2.24) is 9.62 Å². The molecule has 9 heteroatoms. The fourth-order valence-electron chi connectivity index (χ4n) is 5.96. The molecule has 3 aromatic rings. The summed E-state index contributed by atoms with van der Waals surface area (Å²) in [5, 5.41) is 14.7. The molecule has 4 unspecified atom stereocenters. The highest BCUT2D eigenvalue weighted by molar-refractivity contribution is 7.89. The molecule has 242 valence electrons. The van der Waals surface area contributed by atoms with E-state index in [0.29, 0.717) is 37.0 Å². The number of sulfonamides is 1. The van der Waals surface area contributed by atoms with E-state index in [-0.39, 0.29) is 35.6 Å². The lowest BCUT2D eigenvalue weighted by Gasteiger charge is -2.34. The molecule has 0 aromatic heterocycles. The highest BCUT2D eigenvalue weighted by atomic mass is 32.2. The standard InChI is InChI=1S/C36H46N2O6S/c1-26(2)22-23-38(45(42,43)30-14-8-5-9-15-30)25-34(39)33(24-27-12-6-4-7-13-27)37-36(41)32-17-11-10-16-31(32)35(40)28-18-20-29(44-3)21-19-28/h4-9,12-15,18-21,26,31-34,39H,10-11,16-17,22-25H2,1-3H3,(H,37,41). The number of aliphatic hydroxyl groups excluding tert-OH is 1. The molecule has 1 saturated carbocycles. The normalized spacial score (nSPS) is 18.4. The first-order chi connectivity index (χ1) is 21.6. The Morgan fingerprint density at radius 1 is 0.911 bits per heavy atom. The molecule has 1 aliphatic carbocycles. The Labute approximate surface area is 267 Å². The maximum atomic E-state index is 13.9. The van der Waals surface area contributed by atoms with Crippen LogP contribution in [-0.2, 0) is 21.2 Å². The van der Waals surface area contributed by atoms with Crippen molar-refractivity contribution in [1.29, 1.82) is 0 Å². The molecule has 8 nitrogen and oxygen atoms in total. The average molecular weight is 635 g/mol. The zero-order chi connectivity index (χ0) is 32.4. The van der Waals surface area contributed by atoms with E-state index in [0.717, 1.165) is 18.4 Å². The second-order valence-corrected chi connectivity index (χ2v) is 14.3. The van der Waals surface area contributed by atoms with Gasteiger partial charge < -0.3 is 15.2 Å². The van der Waals surface area contributed by atoms with E-state index in [1.165, 1.54) is 4.31 Å². The third-order valence-electron chi connectivity index (χ3n) is 8.63. The molecule has 0 spiro atoms. The summed E-state index contributed by atoms with van der Waals surface area (Å²) in [5.74, 6) is -0.500. The van der Waals surface area contributed by atoms with Crippen molar-refractivity contribution in [2.75, 3.05) is 20.2 Å². The maximum absolute atomic E-state index is 13.9.